The van der Waals surface area contributed by atoms with E-state index in [1.165, 1.54) is 12.1 Å². The third kappa shape index (κ3) is 5.12. The average molecular weight is 360 g/mol. The first kappa shape index (κ1) is 19.6. The number of carbonyl (C=O) groups is 1. The van der Waals surface area contributed by atoms with Crippen molar-refractivity contribution in [2.75, 3.05) is 26.1 Å². The number of ether oxygens (including phenoxy) is 2. The van der Waals surface area contributed by atoms with Gasteiger partial charge in [-0.2, -0.15) is 0 Å². The molecule has 0 saturated heterocycles. The van der Waals surface area contributed by atoms with Crippen LogP contribution < -0.4 is 20.1 Å². The molecule has 0 aliphatic heterocycles. The first-order valence-corrected chi connectivity index (χ1v) is 8.46. The van der Waals surface area contributed by atoms with Gasteiger partial charge in [0.25, 0.3) is 0 Å². The first-order valence-electron chi connectivity index (χ1n) is 8.46. The minimum absolute atomic E-state index is 0.110. The van der Waals surface area contributed by atoms with Crippen molar-refractivity contribution in [3.8, 4) is 11.5 Å². The van der Waals surface area contributed by atoms with Crippen molar-refractivity contribution in [3.63, 3.8) is 0 Å². The SMILES string of the molecule is COc1cc(C)c(N[C@@H](C)C(=O)NCCc2ccc(F)cc2)cc1OC. The lowest BCUT2D eigenvalue weighted by molar-refractivity contribution is -0.121. The maximum absolute atomic E-state index is 12.9. The highest BCUT2D eigenvalue weighted by atomic mass is 19.1. The quantitative estimate of drug-likeness (QED) is 0.758. The minimum Gasteiger partial charge on any atom is -0.493 e. The van der Waals surface area contributed by atoms with Gasteiger partial charge in [-0.1, -0.05) is 12.1 Å². The first-order chi connectivity index (χ1) is 12.4. The van der Waals surface area contributed by atoms with Crippen LogP contribution in [0.15, 0.2) is 36.4 Å². The van der Waals surface area contributed by atoms with E-state index in [1.807, 2.05) is 19.1 Å². The van der Waals surface area contributed by atoms with Crippen molar-refractivity contribution < 1.29 is 18.7 Å². The largest absolute Gasteiger partial charge is 0.493 e. The zero-order valence-electron chi connectivity index (χ0n) is 15.6. The summed E-state index contributed by atoms with van der Waals surface area (Å²) in [6.45, 7) is 4.22. The number of hydrogen-bond acceptors (Lipinski definition) is 4. The molecule has 0 radical (unpaired) electrons. The molecule has 26 heavy (non-hydrogen) atoms. The van der Waals surface area contributed by atoms with E-state index in [4.69, 9.17) is 9.47 Å². The Balaban J connectivity index is 1.91. The Labute approximate surface area is 153 Å². The molecule has 2 aromatic carbocycles. The summed E-state index contributed by atoms with van der Waals surface area (Å²) in [5, 5.41) is 6.08. The van der Waals surface area contributed by atoms with Crippen LogP contribution in [-0.4, -0.2) is 32.7 Å². The Morgan fingerprint density at radius 1 is 1.12 bits per heavy atom. The lowest BCUT2D eigenvalue weighted by Crippen LogP contribution is -2.38. The van der Waals surface area contributed by atoms with Crippen LogP contribution in [0.2, 0.25) is 0 Å². The van der Waals surface area contributed by atoms with Crippen molar-refractivity contribution in [1.29, 1.82) is 0 Å². The average Bonchev–Trinajstić information content (AvgIpc) is 2.64. The van der Waals surface area contributed by atoms with Crippen molar-refractivity contribution >= 4 is 11.6 Å². The predicted octanol–water partition coefficient (Wildman–Crippen LogP) is 3.31. The van der Waals surface area contributed by atoms with Gasteiger partial charge in [-0.25, -0.2) is 4.39 Å². The Kier molecular flexibility index (Phi) is 6.83. The number of carbonyl (C=O) groups excluding carboxylic acids is 1. The second-order valence-electron chi connectivity index (χ2n) is 6.06. The number of rotatable bonds is 8. The Morgan fingerprint density at radius 2 is 1.73 bits per heavy atom. The lowest BCUT2D eigenvalue weighted by Gasteiger charge is -2.19. The number of methoxy groups -OCH3 is 2. The standard InChI is InChI=1S/C20H25FN2O3/c1-13-11-18(25-3)19(26-4)12-17(13)23-14(2)20(24)22-10-9-15-5-7-16(21)8-6-15/h5-8,11-12,14,23H,9-10H2,1-4H3,(H,22,24)/t14-/m0/s1. The van der Waals surface area contributed by atoms with Gasteiger partial charge in [-0.05, 0) is 49.6 Å². The van der Waals surface area contributed by atoms with Gasteiger partial charge in [0, 0.05) is 18.3 Å². The zero-order chi connectivity index (χ0) is 19.1. The van der Waals surface area contributed by atoms with Gasteiger partial charge in [0.2, 0.25) is 5.91 Å². The summed E-state index contributed by atoms with van der Waals surface area (Å²) in [7, 11) is 3.16. The highest BCUT2D eigenvalue weighted by Crippen LogP contribution is 2.33. The van der Waals surface area contributed by atoms with Crippen molar-refractivity contribution in [3.05, 3.63) is 53.3 Å². The number of halogens is 1. The van der Waals surface area contributed by atoms with Gasteiger partial charge < -0.3 is 20.1 Å². The van der Waals surface area contributed by atoms with Crippen LogP contribution in [0.4, 0.5) is 10.1 Å². The molecule has 0 aromatic heterocycles. The molecule has 1 atom stereocenters. The predicted molar refractivity (Wildman–Crippen MR) is 100 cm³/mol. The summed E-state index contributed by atoms with van der Waals surface area (Å²) in [5.41, 5.74) is 2.74. The van der Waals surface area contributed by atoms with Crippen LogP contribution in [0.1, 0.15) is 18.1 Å². The second kappa shape index (κ2) is 9.08. The number of benzene rings is 2. The second-order valence-corrected chi connectivity index (χ2v) is 6.06. The van der Waals surface area contributed by atoms with Gasteiger partial charge >= 0.3 is 0 Å². The summed E-state index contributed by atoms with van der Waals surface area (Å²) >= 11 is 0. The molecule has 6 heteroatoms. The van der Waals surface area contributed by atoms with Crippen LogP contribution in [-0.2, 0) is 11.2 Å². The Morgan fingerprint density at radius 3 is 2.35 bits per heavy atom. The van der Waals surface area contributed by atoms with Crippen molar-refractivity contribution in [2.45, 2.75) is 26.3 Å². The molecule has 2 N–H and O–H groups in total. The number of anilines is 1. The molecule has 0 aliphatic rings. The molecule has 140 valence electrons. The summed E-state index contributed by atoms with van der Waals surface area (Å²) in [6, 6.07) is 9.53. The summed E-state index contributed by atoms with van der Waals surface area (Å²) in [4.78, 5) is 12.3. The zero-order valence-corrected chi connectivity index (χ0v) is 15.6. The molecular weight excluding hydrogens is 335 g/mol. The molecule has 0 spiro atoms. The van der Waals surface area contributed by atoms with E-state index in [0.29, 0.717) is 24.5 Å². The van der Waals surface area contributed by atoms with Crippen molar-refractivity contribution in [2.24, 2.45) is 0 Å². The van der Waals surface area contributed by atoms with Crippen LogP contribution in [0.3, 0.4) is 0 Å². The van der Waals surface area contributed by atoms with E-state index >= 15 is 0 Å². The highest BCUT2D eigenvalue weighted by molar-refractivity contribution is 5.84. The third-order valence-electron chi connectivity index (χ3n) is 4.12. The van der Waals surface area contributed by atoms with Crippen LogP contribution in [0.5, 0.6) is 11.5 Å². The molecular formula is C20H25FN2O3. The fourth-order valence-electron chi connectivity index (χ4n) is 2.57. The van der Waals surface area contributed by atoms with Crippen LogP contribution >= 0.6 is 0 Å². The number of hydrogen-bond donors (Lipinski definition) is 2. The van der Waals surface area contributed by atoms with Crippen LogP contribution in [0.25, 0.3) is 0 Å². The third-order valence-corrected chi connectivity index (χ3v) is 4.12. The molecule has 0 heterocycles. The normalized spacial score (nSPS) is 11.6. The molecule has 1 amide bonds. The summed E-state index contributed by atoms with van der Waals surface area (Å²) in [6.07, 6.45) is 0.647. The Bertz CT molecular complexity index is 747. The maximum atomic E-state index is 12.9. The number of amides is 1. The van der Waals surface area contributed by atoms with Crippen LogP contribution in [0, 0.1) is 12.7 Å². The van der Waals surface area contributed by atoms with Gasteiger partial charge in [0.05, 0.1) is 14.2 Å². The highest BCUT2D eigenvalue weighted by Gasteiger charge is 2.15. The molecule has 0 bridgehead atoms. The number of nitrogens with one attached hydrogen (secondary N) is 2. The van der Waals surface area contributed by atoms with E-state index in [9.17, 15) is 9.18 Å². The fraction of sp³-hybridized carbons (Fsp3) is 0.350. The molecule has 0 unspecified atom stereocenters. The topological polar surface area (TPSA) is 59.6 Å². The molecule has 5 nitrogen and oxygen atoms in total. The monoisotopic (exact) mass is 360 g/mol. The molecule has 2 aromatic rings. The van der Waals surface area contributed by atoms with E-state index in [1.54, 1.807) is 33.3 Å². The summed E-state index contributed by atoms with van der Waals surface area (Å²) in [5.74, 6) is 0.874. The van der Waals surface area contributed by atoms with E-state index in [-0.39, 0.29) is 11.7 Å². The molecule has 0 aliphatic carbocycles. The van der Waals surface area contributed by atoms with E-state index < -0.39 is 6.04 Å². The lowest BCUT2D eigenvalue weighted by atomic mass is 10.1. The molecule has 0 fully saturated rings. The van der Waals surface area contributed by atoms with E-state index in [2.05, 4.69) is 10.6 Å². The maximum Gasteiger partial charge on any atom is 0.242 e. The molecule has 0 saturated carbocycles. The van der Waals surface area contributed by atoms with Gasteiger partial charge in [0.1, 0.15) is 11.9 Å². The van der Waals surface area contributed by atoms with Gasteiger partial charge in [-0.3, -0.25) is 4.79 Å². The fourth-order valence-corrected chi connectivity index (χ4v) is 2.57. The molecule has 2 rings (SSSR count). The van der Waals surface area contributed by atoms with Gasteiger partial charge in [-0.15, -0.1) is 0 Å². The Hall–Kier alpha value is -2.76. The van der Waals surface area contributed by atoms with Crippen molar-refractivity contribution in [1.82, 2.24) is 5.32 Å². The van der Waals surface area contributed by atoms with Gasteiger partial charge in [0.15, 0.2) is 11.5 Å². The number of aryl methyl sites for hydroxylation is 1. The van der Waals surface area contributed by atoms with E-state index in [0.717, 1.165) is 16.8 Å². The minimum atomic E-state index is -0.417. The smallest absolute Gasteiger partial charge is 0.242 e. The summed E-state index contributed by atoms with van der Waals surface area (Å²) < 4.78 is 23.5.